The second kappa shape index (κ2) is 9.16. The van der Waals surface area contributed by atoms with Crippen LogP contribution in [0.2, 0.25) is 0 Å². The van der Waals surface area contributed by atoms with E-state index in [0.29, 0.717) is 25.2 Å². The number of ketones is 1. The molecule has 0 unspecified atom stereocenters. The number of benzene rings is 2. The van der Waals surface area contributed by atoms with Crippen LogP contribution in [0.1, 0.15) is 39.8 Å². The number of nitrogens with two attached hydrogens (primary N) is 1. The molecule has 25 heavy (non-hydrogen) atoms. The van der Waals surface area contributed by atoms with Crippen molar-refractivity contribution in [2.24, 2.45) is 5.73 Å². The Hall–Kier alpha value is -2.43. The number of aromatic amines is 1. The second-order valence-electron chi connectivity index (χ2n) is 5.80. The third-order valence-electron chi connectivity index (χ3n) is 4.10. The van der Waals surface area contributed by atoms with E-state index in [9.17, 15) is 4.79 Å². The van der Waals surface area contributed by atoms with Crippen LogP contribution < -0.4 is 5.73 Å². The quantitative estimate of drug-likeness (QED) is 0.634. The highest BCUT2D eigenvalue weighted by Gasteiger charge is 2.20. The van der Waals surface area contributed by atoms with Gasteiger partial charge in [0.25, 0.3) is 0 Å². The van der Waals surface area contributed by atoms with Gasteiger partial charge < -0.3 is 10.7 Å². The first kappa shape index (κ1) is 18.9. The van der Waals surface area contributed by atoms with Gasteiger partial charge >= 0.3 is 0 Å². The smallest absolute Gasteiger partial charge is 0.198 e. The van der Waals surface area contributed by atoms with E-state index in [-0.39, 0.29) is 24.1 Å². The molecule has 0 saturated heterocycles. The molecule has 0 spiro atoms. The van der Waals surface area contributed by atoms with E-state index in [1.807, 2.05) is 36.4 Å². The van der Waals surface area contributed by atoms with Gasteiger partial charge in [-0.3, -0.25) is 4.79 Å². The maximum Gasteiger partial charge on any atom is 0.198 e. The number of hydrogen-bond acceptors (Lipinski definition) is 3. The molecule has 3 aromatic rings. The monoisotopic (exact) mass is 355 g/mol. The molecule has 0 atom stereocenters. The van der Waals surface area contributed by atoms with Crippen molar-refractivity contribution in [3.63, 3.8) is 0 Å². The van der Waals surface area contributed by atoms with Crippen LogP contribution in [0.5, 0.6) is 0 Å². The number of carbonyl (C=O) groups excluding carboxylic acids is 1. The van der Waals surface area contributed by atoms with Crippen LogP contribution in [0.4, 0.5) is 0 Å². The number of hydrogen-bond donors (Lipinski definition) is 2. The Balaban J connectivity index is 0.00000225. The molecule has 0 aliphatic carbocycles. The second-order valence-corrected chi connectivity index (χ2v) is 5.80. The lowest BCUT2D eigenvalue weighted by Crippen LogP contribution is -2.11. The van der Waals surface area contributed by atoms with Gasteiger partial charge in [0.05, 0.1) is 0 Å². The lowest BCUT2D eigenvalue weighted by molar-refractivity contribution is 0.0968. The molecule has 4 nitrogen and oxygen atoms in total. The number of Topliss-reactive ketones (excluding diaryl/α,β-unsaturated/α-hetero) is 1. The predicted octanol–water partition coefficient (Wildman–Crippen LogP) is 3.74. The maximum atomic E-state index is 12.7. The Morgan fingerprint density at radius 1 is 1.00 bits per heavy atom. The van der Waals surface area contributed by atoms with Crippen molar-refractivity contribution in [3.8, 4) is 0 Å². The molecule has 2 aromatic carbocycles. The molecular formula is C20H22ClN3O. The fourth-order valence-corrected chi connectivity index (χ4v) is 2.86. The number of imidazole rings is 1. The third kappa shape index (κ3) is 4.78. The summed E-state index contributed by atoms with van der Waals surface area (Å²) < 4.78 is 0. The van der Waals surface area contributed by atoms with Crippen LogP contribution >= 0.6 is 12.4 Å². The number of aromatic nitrogens is 2. The lowest BCUT2D eigenvalue weighted by atomic mass is 9.87. The number of halogens is 1. The third-order valence-corrected chi connectivity index (χ3v) is 4.10. The van der Waals surface area contributed by atoms with Gasteiger partial charge in [-0.1, -0.05) is 60.7 Å². The highest BCUT2D eigenvalue weighted by molar-refractivity contribution is 5.93. The Morgan fingerprint density at radius 2 is 1.56 bits per heavy atom. The van der Waals surface area contributed by atoms with E-state index in [1.165, 1.54) is 0 Å². The average molecular weight is 356 g/mol. The van der Waals surface area contributed by atoms with Gasteiger partial charge in [0, 0.05) is 30.7 Å². The van der Waals surface area contributed by atoms with Gasteiger partial charge in [0.15, 0.2) is 11.6 Å². The van der Waals surface area contributed by atoms with Crippen molar-refractivity contribution in [2.45, 2.75) is 18.8 Å². The zero-order chi connectivity index (χ0) is 16.8. The molecule has 1 heterocycles. The van der Waals surface area contributed by atoms with Gasteiger partial charge in [-0.25, -0.2) is 4.98 Å². The minimum absolute atomic E-state index is 0. The fraction of sp³-hybridized carbons (Fsp3) is 0.200. The first-order valence-electron chi connectivity index (χ1n) is 8.15. The van der Waals surface area contributed by atoms with Crippen LogP contribution in [0.25, 0.3) is 0 Å². The molecule has 0 aliphatic heterocycles. The zero-order valence-electron chi connectivity index (χ0n) is 13.9. The van der Waals surface area contributed by atoms with Crippen molar-refractivity contribution in [1.29, 1.82) is 0 Å². The minimum atomic E-state index is 0. The molecule has 0 bridgehead atoms. The van der Waals surface area contributed by atoms with Crippen LogP contribution in [-0.2, 0) is 6.42 Å². The number of H-pyrrole nitrogens is 1. The first-order chi connectivity index (χ1) is 11.8. The van der Waals surface area contributed by atoms with Crippen molar-refractivity contribution >= 4 is 18.2 Å². The summed E-state index contributed by atoms with van der Waals surface area (Å²) in [5.41, 5.74) is 8.71. The molecular weight excluding hydrogens is 334 g/mol. The Labute approximate surface area is 153 Å². The molecule has 0 fully saturated rings. The van der Waals surface area contributed by atoms with Crippen LogP contribution in [0.15, 0.2) is 66.9 Å². The van der Waals surface area contributed by atoms with Gasteiger partial charge in [0.2, 0.25) is 0 Å². The van der Waals surface area contributed by atoms with E-state index in [2.05, 4.69) is 34.2 Å². The topological polar surface area (TPSA) is 71.8 Å². The van der Waals surface area contributed by atoms with E-state index in [1.54, 1.807) is 6.20 Å². The summed E-state index contributed by atoms with van der Waals surface area (Å²) >= 11 is 0. The van der Waals surface area contributed by atoms with Gasteiger partial charge in [0.1, 0.15) is 0 Å². The van der Waals surface area contributed by atoms with Gasteiger partial charge in [-0.15, -0.1) is 12.4 Å². The van der Waals surface area contributed by atoms with Crippen molar-refractivity contribution in [3.05, 3.63) is 89.5 Å². The van der Waals surface area contributed by atoms with Crippen molar-refractivity contribution < 1.29 is 4.79 Å². The van der Waals surface area contributed by atoms with Gasteiger partial charge in [-0.2, -0.15) is 0 Å². The Bertz CT molecular complexity index is 747. The fourth-order valence-electron chi connectivity index (χ4n) is 2.86. The maximum absolute atomic E-state index is 12.7. The molecule has 3 rings (SSSR count). The summed E-state index contributed by atoms with van der Waals surface area (Å²) in [6.45, 7) is 0.534. The normalized spacial score (nSPS) is 10.5. The van der Waals surface area contributed by atoms with Crippen LogP contribution in [-0.4, -0.2) is 22.3 Å². The summed E-state index contributed by atoms with van der Waals surface area (Å²) in [6, 6.07) is 20.2. The molecule has 5 heteroatoms. The van der Waals surface area contributed by atoms with E-state index >= 15 is 0 Å². The number of nitrogens with zero attached hydrogens (tertiary/aromatic N) is 1. The zero-order valence-corrected chi connectivity index (χ0v) is 14.7. The summed E-state index contributed by atoms with van der Waals surface area (Å²) in [6.07, 6.45) is 2.77. The van der Waals surface area contributed by atoms with E-state index in [0.717, 1.165) is 16.8 Å². The standard InChI is InChI=1S/C20H21N3O.ClH/c21-12-11-17-14-22-20(23-17)19(24)13-18(15-7-3-1-4-8-15)16-9-5-2-6-10-16;/h1-10,14,18H,11-13,21H2,(H,22,23);1H. The van der Waals surface area contributed by atoms with E-state index < -0.39 is 0 Å². The Kier molecular flexibility index (Phi) is 6.92. The van der Waals surface area contributed by atoms with Crippen molar-refractivity contribution in [2.75, 3.05) is 6.54 Å². The SMILES string of the molecule is Cl.NCCc1cnc(C(=O)CC(c2ccccc2)c2ccccc2)[nH]1. The van der Waals surface area contributed by atoms with Crippen molar-refractivity contribution in [1.82, 2.24) is 9.97 Å². The highest BCUT2D eigenvalue weighted by Crippen LogP contribution is 2.28. The summed E-state index contributed by atoms with van der Waals surface area (Å²) in [5, 5.41) is 0. The average Bonchev–Trinajstić information content (AvgIpc) is 3.10. The molecule has 0 saturated carbocycles. The largest absolute Gasteiger partial charge is 0.339 e. The summed E-state index contributed by atoms with van der Waals surface area (Å²) in [5.74, 6) is 0.439. The summed E-state index contributed by atoms with van der Waals surface area (Å²) in [4.78, 5) is 20.0. The molecule has 3 N–H and O–H groups in total. The molecule has 130 valence electrons. The highest BCUT2D eigenvalue weighted by atomic mass is 35.5. The van der Waals surface area contributed by atoms with Gasteiger partial charge in [-0.05, 0) is 17.7 Å². The number of nitrogens with one attached hydrogen (secondary N) is 1. The summed E-state index contributed by atoms with van der Waals surface area (Å²) in [7, 11) is 0. The molecule has 0 amide bonds. The Morgan fingerprint density at radius 3 is 2.08 bits per heavy atom. The number of carbonyl (C=O) groups is 1. The number of rotatable bonds is 7. The molecule has 0 radical (unpaired) electrons. The lowest BCUT2D eigenvalue weighted by Gasteiger charge is -2.17. The van der Waals surface area contributed by atoms with Crippen LogP contribution in [0.3, 0.4) is 0 Å². The minimum Gasteiger partial charge on any atom is -0.339 e. The van der Waals surface area contributed by atoms with Crippen LogP contribution in [0, 0.1) is 0 Å². The molecule has 1 aromatic heterocycles. The first-order valence-corrected chi connectivity index (χ1v) is 8.15. The predicted molar refractivity (Wildman–Crippen MR) is 102 cm³/mol. The molecule has 0 aliphatic rings. The van der Waals surface area contributed by atoms with E-state index in [4.69, 9.17) is 5.73 Å².